The molecule has 0 saturated heterocycles. The van der Waals surface area contributed by atoms with Crippen molar-refractivity contribution in [2.75, 3.05) is 13.1 Å². The maximum absolute atomic E-state index is 5.59. The highest BCUT2D eigenvalue weighted by molar-refractivity contribution is 8.22. The molecule has 0 aliphatic carbocycles. The van der Waals surface area contributed by atoms with Crippen LogP contribution in [-0.4, -0.2) is 22.3 Å². The van der Waals surface area contributed by atoms with E-state index in [1.807, 2.05) is 0 Å². The Kier molecular flexibility index (Phi) is 8.93. The average Bonchev–Trinajstić information content (AvgIpc) is 2.46. The van der Waals surface area contributed by atoms with Crippen molar-refractivity contribution in [3.8, 4) is 0 Å². The van der Waals surface area contributed by atoms with Crippen molar-refractivity contribution in [3.63, 3.8) is 0 Å². The van der Waals surface area contributed by atoms with Crippen molar-refractivity contribution in [2.45, 2.75) is 45.3 Å². The van der Waals surface area contributed by atoms with E-state index < -0.39 is 0 Å². The minimum absolute atomic E-state index is 0.981. The fourth-order valence-corrected chi connectivity index (χ4v) is 3.01. The van der Waals surface area contributed by atoms with Crippen molar-refractivity contribution in [3.05, 3.63) is 35.9 Å². The lowest BCUT2D eigenvalue weighted by molar-refractivity contribution is 0.410. The van der Waals surface area contributed by atoms with Crippen molar-refractivity contribution in [1.29, 1.82) is 0 Å². The lowest BCUT2D eigenvalue weighted by Gasteiger charge is -2.24. The summed E-state index contributed by atoms with van der Waals surface area (Å²) in [6.45, 7) is 6.69. The Morgan fingerprint density at radius 1 is 1.05 bits per heavy atom. The summed E-state index contributed by atoms with van der Waals surface area (Å²) in [6.07, 6.45) is 4.93. The second kappa shape index (κ2) is 10.3. The van der Waals surface area contributed by atoms with E-state index >= 15 is 0 Å². The van der Waals surface area contributed by atoms with Gasteiger partial charge in [-0.25, -0.2) is 0 Å². The molecular weight excluding hydrogens is 270 g/mol. The van der Waals surface area contributed by atoms with Crippen LogP contribution < -0.4 is 0 Å². The van der Waals surface area contributed by atoms with Crippen molar-refractivity contribution < 1.29 is 0 Å². The molecule has 1 nitrogen and oxygen atoms in total. The molecule has 0 heterocycles. The molecule has 0 atom stereocenters. The van der Waals surface area contributed by atoms with Gasteiger partial charge >= 0.3 is 0 Å². The van der Waals surface area contributed by atoms with Gasteiger partial charge in [0.25, 0.3) is 0 Å². The molecule has 0 amide bonds. The summed E-state index contributed by atoms with van der Waals surface area (Å²) >= 11 is 7.39. The summed E-state index contributed by atoms with van der Waals surface area (Å²) in [7, 11) is 0. The van der Waals surface area contributed by atoms with Gasteiger partial charge in [-0.05, 0) is 18.4 Å². The molecule has 0 aliphatic rings. The van der Waals surface area contributed by atoms with E-state index in [-0.39, 0.29) is 0 Å². The van der Waals surface area contributed by atoms with E-state index in [4.69, 9.17) is 12.2 Å². The van der Waals surface area contributed by atoms with Crippen LogP contribution in [0.15, 0.2) is 30.3 Å². The lowest BCUT2D eigenvalue weighted by atomic mass is 10.2. The maximum atomic E-state index is 5.59. The summed E-state index contributed by atoms with van der Waals surface area (Å²) in [5.41, 5.74) is 1.35. The van der Waals surface area contributed by atoms with Gasteiger partial charge in [0.15, 0.2) is 0 Å². The Balaban J connectivity index is 2.41. The van der Waals surface area contributed by atoms with Gasteiger partial charge in [-0.3, -0.25) is 0 Å². The van der Waals surface area contributed by atoms with E-state index in [1.165, 1.54) is 31.2 Å². The lowest BCUT2D eigenvalue weighted by Crippen LogP contribution is -2.29. The first-order chi connectivity index (χ1) is 9.27. The molecule has 0 saturated carbocycles. The van der Waals surface area contributed by atoms with E-state index in [1.54, 1.807) is 11.8 Å². The molecule has 0 aliphatic heterocycles. The first-order valence-corrected chi connectivity index (χ1v) is 8.63. The Morgan fingerprint density at radius 2 is 1.63 bits per heavy atom. The third-order valence-electron chi connectivity index (χ3n) is 3.03. The van der Waals surface area contributed by atoms with E-state index in [0.717, 1.165) is 23.2 Å². The van der Waals surface area contributed by atoms with Crippen molar-refractivity contribution in [2.24, 2.45) is 0 Å². The van der Waals surface area contributed by atoms with Crippen LogP contribution in [0.2, 0.25) is 0 Å². The molecule has 0 radical (unpaired) electrons. The highest BCUT2D eigenvalue weighted by Gasteiger charge is 2.09. The van der Waals surface area contributed by atoms with E-state index in [0.29, 0.717) is 0 Å². The number of hydrogen-bond donors (Lipinski definition) is 0. The smallest absolute Gasteiger partial charge is 0.136 e. The maximum Gasteiger partial charge on any atom is 0.136 e. The third-order valence-corrected chi connectivity index (χ3v) is 4.62. The van der Waals surface area contributed by atoms with Crippen LogP contribution in [-0.2, 0) is 5.75 Å². The molecule has 19 heavy (non-hydrogen) atoms. The van der Waals surface area contributed by atoms with Gasteiger partial charge in [0.1, 0.15) is 4.32 Å². The SMILES string of the molecule is CCCCN(CCCC)C(=S)SCc1ccccc1. The molecule has 3 heteroatoms. The number of thioether (sulfide) groups is 1. The molecule has 0 aromatic heterocycles. The fourth-order valence-electron chi connectivity index (χ4n) is 1.80. The van der Waals surface area contributed by atoms with Crippen molar-refractivity contribution in [1.82, 2.24) is 4.90 Å². The highest BCUT2D eigenvalue weighted by Crippen LogP contribution is 2.17. The molecule has 0 N–H and O–H groups in total. The Morgan fingerprint density at radius 3 is 2.16 bits per heavy atom. The first-order valence-electron chi connectivity index (χ1n) is 7.23. The number of unbranched alkanes of at least 4 members (excludes halogenated alkanes) is 2. The van der Waals surface area contributed by atoms with Crippen LogP contribution in [0.1, 0.15) is 45.1 Å². The van der Waals surface area contributed by atoms with Gasteiger partial charge in [-0.15, -0.1) is 0 Å². The normalized spacial score (nSPS) is 10.4. The van der Waals surface area contributed by atoms with Crippen LogP contribution in [0.5, 0.6) is 0 Å². The van der Waals surface area contributed by atoms with Crippen LogP contribution in [0.25, 0.3) is 0 Å². The molecule has 1 aromatic carbocycles. The molecule has 0 fully saturated rings. The number of benzene rings is 1. The predicted octanol–water partition coefficient (Wildman–Crippen LogP) is 5.11. The zero-order valence-electron chi connectivity index (χ0n) is 12.1. The molecule has 0 bridgehead atoms. The Bertz CT molecular complexity index is 343. The van der Waals surface area contributed by atoms with Gasteiger partial charge < -0.3 is 4.90 Å². The summed E-state index contributed by atoms with van der Waals surface area (Å²) in [6, 6.07) is 10.6. The van der Waals surface area contributed by atoms with Crippen LogP contribution in [0.3, 0.4) is 0 Å². The minimum Gasteiger partial charge on any atom is -0.358 e. The van der Waals surface area contributed by atoms with Crippen LogP contribution >= 0.6 is 24.0 Å². The second-order valence-corrected chi connectivity index (χ2v) is 6.34. The standard InChI is InChI=1S/C16H25NS2/c1-3-5-12-17(13-6-4-2)16(18)19-14-15-10-8-7-9-11-15/h7-11H,3-6,12-14H2,1-2H3. The number of hydrogen-bond acceptors (Lipinski definition) is 2. The number of nitrogens with zero attached hydrogens (tertiary/aromatic N) is 1. The Hall–Kier alpha value is -0.540. The first kappa shape index (κ1) is 16.5. The summed E-state index contributed by atoms with van der Waals surface area (Å²) in [5.74, 6) is 0.981. The van der Waals surface area contributed by atoms with Crippen LogP contribution in [0, 0.1) is 0 Å². The minimum atomic E-state index is 0.981. The molecular formula is C16H25NS2. The molecule has 1 rings (SSSR count). The zero-order valence-corrected chi connectivity index (χ0v) is 13.7. The Labute approximate surface area is 127 Å². The largest absolute Gasteiger partial charge is 0.358 e. The van der Waals surface area contributed by atoms with Gasteiger partial charge in [-0.1, -0.05) is 81.0 Å². The molecule has 0 unspecified atom stereocenters. The summed E-state index contributed by atoms with van der Waals surface area (Å²) in [4.78, 5) is 2.38. The topological polar surface area (TPSA) is 3.24 Å². The molecule has 1 aromatic rings. The third kappa shape index (κ3) is 6.98. The summed E-state index contributed by atoms with van der Waals surface area (Å²) < 4.78 is 1.06. The fraction of sp³-hybridized carbons (Fsp3) is 0.562. The highest BCUT2D eigenvalue weighted by atomic mass is 32.2. The number of rotatable bonds is 8. The molecule has 106 valence electrons. The van der Waals surface area contributed by atoms with E-state index in [2.05, 4.69) is 49.1 Å². The van der Waals surface area contributed by atoms with Crippen LogP contribution in [0.4, 0.5) is 0 Å². The predicted molar refractivity (Wildman–Crippen MR) is 91.7 cm³/mol. The average molecular weight is 296 g/mol. The van der Waals surface area contributed by atoms with Gasteiger partial charge in [-0.2, -0.15) is 0 Å². The van der Waals surface area contributed by atoms with Gasteiger partial charge in [0.05, 0.1) is 0 Å². The number of thiocarbonyl (C=S) groups is 1. The van der Waals surface area contributed by atoms with E-state index in [9.17, 15) is 0 Å². The second-order valence-electron chi connectivity index (χ2n) is 4.73. The van der Waals surface area contributed by atoms with Gasteiger partial charge in [0.2, 0.25) is 0 Å². The quantitative estimate of drug-likeness (QED) is 0.614. The molecule has 0 spiro atoms. The van der Waals surface area contributed by atoms with Gasteiger partial charge in [0, 0.05) is 18.8 Å². The summed E-state index contributed by atoms with van der Waals surface area (Å²) in [5, 5.41) is 0. The zero-order chi connectivity index (χ0) is 13.9. The monoisotopic (exact) mass is 295 g/mol. The van der Waals surface area contributed by atoms with Crippen molar-refractivity contribution >= 4 is 28.3 Å².